The molecule has 1 aromatic carbocycles. The van der Waals surface area contributed by atoms with E-state index in [-0.39, 0.29) is 30.6 Å². The summed E-state index contributed by atoms with van der Waals surface area (Å²) in [5.41, 5.74) is 0.563. The summed E-state index contributed by atoms with van der Waals surface area (Å²) in [6, 6.07) is 9.89. The van der Waals surface area contributed by atoms with Gasteiger partial charge in [0, 0.05) is 20.0 Å². The number of tetrazole rings is 1. The Morgan fingerprint density at radius 3 is 2.43 bits per heavy atom. The van der Waals surface area contributed by atoms with Crippen LogP contribution in [0.5, 0.6) is 0 Å². The smallest absolute Gasteiger partial charge is 0.410 e. The molecule has 0 radical (unpaired) electrons. The number of benzene rings is 1. The molecule has 0 aliphatic carbocycles. The van der Waals surface area contributed by atoms with Crippen molar-refractivity contribution in [2.75, 3.05) is 13.1 Å². The van der Waals surface area contributed by atoms with Crippen molar-refractivity contribution in [2.45, 2.75) is 58.8 Å². The van der Waals surface area contributed by atoms with Crippen LogP contribution in [0, 0.1) is 5.92 Å². The van der Waals surface area contributed by atoms with Crippen molar-refractivity contribution in [3.8, 4) is 0 Å². The molecule has 162 valence electrons. The first-order valence-electron chi connectivity index (χ1n) is 10.2. The third kappa shape index (κ3) is 5.77. The highest BCUT2D eigenvalue weighted by atomic mass is 16.6. The molecule has 1 amide bonds. The third-order valence-electron chi connectivity index (χ3n) is 4.90. The number of rotatable bonds is 5. The minimum atomic E-state index is -0.510. The Balaban J connectivity index is 1.73. The molecule has 2 aromatic rings. The Morgan fingerprint density at radius 1 is 1.17 bits per heavy atom. The predicted molar refractivity (Wildman–Crippen MR) is 108 cm³/mol. The summed E-state index contributed by atoms with van der Waals surface area (Å²) >= 11 is 0. The number of amides is 1. The fraction of sp³-hybridized carbons (Fsp3) is 0.571. The van der Waals surface area contributed by atoms with Crippen LogP contribution >= 0.6 is 0 Å². The predicted octanol–water partition coefficient (Wildman–Crippen LogP) is 2.97. The number of likely N-dealkylation sites (tertiary alicyclic amines) is 1. The maximum atomic E-state index is 12.4. The van der Waals surface area contributed by atoms with E-state index in [1.54, 1.807) is 9.70 Å². The molecule has 0 unspecified atom stereocenters. The highest BCUT2D eigenvalue weighted by molar-refractivity contribution is 5.68. The van der Waals surface area contributed by atoms with E-state index in [0.717, 1.165) is 18.4 Å². The number of hydrogen-bond acceptors (Lipinski definition) is 7. The maximum absolute atomic E-state index is 12.4. The van der Waals surface area contributed by atoms with E-state index < -0.39 is 5.60 Å². The summed E-state index contributed by atoms with van der Waals surface area (Å²) in [5.74, 6) is 0.194. The molecule has 1 aliphatic heterocycles. The number of ether oxygens (including phenoxy) is 2. The number of hydrogen-bond donors (Lipinski definition) is 0. The van der Waals surface area contributed by atoms with Gasteiger partial charge in [0.1, 0.15) is 11.6 Å². The van der Waals surface area contributed by atoms with Crippen molar-refractivity contribution in [2.24, 2.45) is 5.92 Å². The first-order valence-corrected chi connectivity index (χ1v) is 10.2. The highest BCUT2D eigenvalue weighted by Crippen LogP contribution is 2.33. The molecule has 9 nitrogen and oxygen atoms in total. The van der Waals surface area contributed by atoms with E-state index in [4.69, 9.17) is 9.47 Å². The summed E-state index contributed by atoms with van der Waals surface area (Å²) in [6.07, 6.45) is 1.30. The third-order valence-corrected chi connectivity index (χ3v) is 4.90. The van der Waals surface area contributed by atoms with Gasteiger partial charge in [-0.05, 0) is 50.3 Å². The summed E-state index contributed by atoms with van der Waals surface area (Å²) < 4.78 is 10.5. The minimum Gasteiger partial charge on any atom is -0.457 e. The summed E-state index contributed by atoms with van der Waals surface area (Å²) in [5, 5.41) is 12.7. The lowest BCUT2D eigenvalue weighted by atomic mass is 9.86. The van der Waals surface area contributed by atoms with Crippen LogP contribution in [0.1, 0.15) is 58.0 Å². The number of esters is 1. The molecule has 0 saturated carbocycles. The van der Waals surface area contributed by atoms with E-state index in [9.17, 15) is 9.59 Å². The van der Waals surface area contributed by atoms with Gasteiger partial charge in [0.15, 0.2) is 6.61 Å². The molecule has 30 heavy (non-hydrogen) atoms. The van der Waals surface area contributed by atoms with E-state index >= 15 is 0 Å². The SMILES string of the molecule is CC(=O)OCc1nnn([C@@H](c2ccccc2)C2CCN(C(=O)OC(C)(C)C)CC2)n1. The van der Waals surface area contributed by atoms with Crippen LogP contribution in [0.3, 0.4) is 0 Å². The van der Waals surface area contributed by atoms with Gasteiger partial charge in [0.25, 0.3) is 0 Å². The Labute approximate surface area is 176 Å². The lowest BCUT2D eigenvalue weighted by molar-refractivity contribution is -0.142. The van der Waals surface area contributed by atoms with Crippen LogP contribution in [0.25, 0.3) is 0 Å². The second-order valence-electron chi connectivity index (χ2n) is 8.47. The number of piperidine rings is 1. The monoisotopic (exact) mass is 415 g/mol. The van der Waals surface area contributed by atoms with Crippen LogP contribution < -0.4 is 0 Å². The summed E-state index contributed by atoms with van der Waals surface area (Å²) in [7, 11) is 0. The molecule has 0 N–H and O–H groups in total. The molecule has 9 heteroatoms. The number of nitrogens with zero attached hydrogens (tertiary/aromatic N) is 5. The minimum absolute atomic E-state index is 0.00602. The molecule has 1 atom stereocenters. The molecule has 2 heterocycles. The van der Waals surface area contributed by atoms with E-state index in [1.807, 2.05) is 51.1 Å². The van der Waals surface area contributed by atoms with Gasteiger partial charge in [-0.3, -0.25) is 4.79 Å². The first-order chi connectivity index (χ1) is 14.2. The quantitative estimate of drug-likeness (QED) is 0.692. The molecule has 1 aliphatic rings. The van der Waals surface area contributed by atoms with Crippen LogP contribution in [0.15, 0.2) is 30.3 Å². The van der Waals surface area contributed by atoms with Gasteiger partial charge in [-0.1, -0.05) is 30.3 Å². The lowest BCUT2D eigenvalue weighted by Crippen LogP contribution is -2.43. The number of carbonyl (C=O) groups is 2. The van der Waals surface area contributed by atoms with E-state index in [2.05, 4.69) is 15.4 Å². The Bertz CT molecular complexity index is 854. The molecule has 1 fully saturated rings. The average Bonchev–Trinajstić information content (AvgIpc) is 3.15. The van der Waals surface area contributed by atoms with Crippen molar-refractivity contribution < 1.29 is 19.1 Å². The Hall–Kier alpha value is -2.97. The van der Waals surface area contributed by atoms with Crippen LogP contribution in [0.2, 0.25) is 0 Å². The first kappa shape index (κ1) is 21.7. The largest absolute Gasteiger partial charge is 0.457 e. The molecule has 1 aromatic heterocycles. The fourth-order valence-corrected chi connectivity index (χ4v) is 3.57. The van der Waals surface area contributed by atoms with Crippen LogP contribution in [0.4, 0.5) is 4.79 Å². The van der Waals surface area contributed by atoms with Gasteiger partial charge < -0.3 is 14.4 Å². The van der Waals surface area contributed by atoms with Gasteiger partial charge in [-0.25, -0.2) is 4.79 Å². The van der Waals surface area contributed by atoms with Gasteiger partial charge in [-0.15, -0.1) is 10.2 Å². The standard InChI is InChI=1S/C21H29N5O4/c1-15(27)29-14-18-22-24-26(23-18)19(16-8-6-5-7-9-16)17-10-12-25(13-11-17)20(28)30-21(2,3)4/h5-9,17,19H,10-14H2,1-4H3/t19-/m0/s1. The normalized spacial score (nSPS) is 16.2. The van der Waals surface area contributed by atoms with Crippen molar-refractivity contribution in [1.82, 2.24) is 25.1 Å². The highest BCUT2D eigenvalue weighted by Gasteiger charge is 2.33. The Kier molecular flexibility index (Phi) is 6.69. The van der Waals surface area contributed by atoms with Gasteiger partial charge in [0.05, 0.1) is 0 Å². The average molecular weight is 415 g/mol. The molecule has 3 rings (SSSR count). The number of aromatic nitrogens is 4. The molecular formula is C21H29N5O4. The van der Waals surface area contributed by atoms with Crippen molar-refractivity contribution in [3.63, 3.8) is 0 Å². The molecular weight excluding hydrogens is 386 g/mol. The lowest BCUT2D eigenvalue weighted by Gasteiger charge is -2.36. The molecule has 1 saturated heterocycles. The second-order valence-corrected chi connectivity index (χ2v) is 8.47. The molecule has 0 spiro atoms. The zero-order valence-electron chi connectivity index (χ0n) is 17.9. The summed E-state index contributed by atoms with van der Waals surface area (Å²) in [4.78, 5) is 26.8. The van der Waals surface area contributed by atoms with E-state index in [0.29, 0.717) is 18.9 Å². The van der Waals surface area contributed by atoms with Crippen LogP contribution in [-0.4, -0.2) is 55.9 Å². The topological polar surface area (TPSA) is 99.4 Å². The summed E-state index contributed by atoms with van der Waals surface area (Å²) in [6.45, 7) is 8.16. The van der Waals surface area contributed by atoms with Crippen LogP contribution in [-0.2, 0) is 20.9 Å². The van der Waals surface area contributed by atoms with Gasteiger partial charge >= 0.3 is 12.1 Å². The van der Waals surface area contributed by atoms with Crippen molar-refractivity contribution in [1.29, 1.82) is 0 Å². The second kappa shape index (κ2) is 9.23. The van der Waals surface area contributed by atoms with E-state index in [1.165, 1.54) is 6.92 Å². The zero-order chi connectivity index (χ0) is 21.7. The van der Waals surface area contributed by atoms with Gasteiger partial charge in [-0.2, -0.15) is 4.80 Å². The maximum Gasteiger partial charge on any atom is 0.410 e. The fourth-order valence-electron chi connectivity index (χ4n) is 3.57. The Morgan fingerprint density at radius 2 is 1.83 bits per heavy atom. The number of carbonyl (C=O) groups excluding carboxylic acids is 2. The van der Waals surface area contributed by atoms with Crippen molar-refractivity contribution >= 4 is 12.1 Å². The molecule has 0 bridgehead atoms. The zero-order valence-corrected chi connectivity index (χ0v) is 17.9. The van der Waals surface area contributed by atoms with Gasteiger partial charge in [0.2, 0.25) is 5.82 Å². The van der Waals surface area contributed by atoms with Crippen molar-refractivity contribution in [3.05, 3.63) is 41.7 Å².